The Balaban J connectivity index is -0.0000000771. The van der Waals surface area contributed by atoms with E-state index < -0.39 is 6.10 Å². The third kappa shape index (κ3) is 110. The first kappa shape index (κ1) is 15.8. The molecule has 0 aliphatic heterocycles. The van der Waals surface area contributed by atoms with E-state index in [1.54, 1.807) is 0 Å². The van der Waals surface area contributed by atoms with Crippen molar-refractivity contribution in [3.8, 4) is 0 Å². The number of aliphatic hydroxyl groups excluding tert-OH is 2. The van der Waals surface area contributed by atoms with Gasteiger partial charge >= 0.3 is 0 Å². The smallest absolute Gasteiger partial charge is 0.0742 e. The average Bonchev–Trinajstić information content (AvgIpc) is 1.97. The van der Waals surface area contributed by atoms with Gasteiger partial charge in [-0.15, -0.1) is 26.3 Å². The summed E-state index contributed by atoms with van der Waals surface area (Å²) in [5.41, 5.74) is 0. The molecule has 0 saturated carbocycles. The van der Waals surface area contributed by atoms with E-state index in [1.807, 2.05) is 0 Å². The van der Waals surface area contributed by atoms with Crippen molar-refractivity contribution >= 4 is 0 Å². The van der Waals surface area contributed by atoms with Crippen molar-refractivity contribution in [2.75, 3.05) is 6.61 Å². The largest absolute Gasteiger partial charge is 0.394 e. The molecular weight excluding hydrogens is 116 g/mol. The molecule has 0 bridgehead atoms. The molecule has 0 aliphatic rings. The normalized spacial score (nSPS) is 9.22. The predicted octanol–water partition coefficient (Wildman–Crippen LogP) is 0.964. The molecule has 1 atom stereocenters. The van der Waals surface area contributed by atoms with Crippen molar-refractivity contribution in [1.82, 2.24) is 0 Å². The number of hydrogen-bond donors (Lipinski definition) is 2. The zero-order chi connectivity index (χ0) is 8.28. The molecule has 0 heterocycles. The van der Waals surface area contributed by atoms with Crippen LogP contribution in [0.15, 0.2) is 26.3 Å². The van der Waals surface area contributed by atoms with E-state index in [4.69, 9.17) is 10.2 Å². The third-order valence-electron chi connectivity index (χ3n) is 0.264. The van der Waals surface area contributed by atoms with E-state index in [9.17, 15) is 0 Å². The molecule has 56 valence electrons. The van der Waals surface area contributed by atoms with Crippen LogP contribution >= 0.6 is 0 Å². The lowest BCUT2D eigenvalue weighted by Gasteiger charge is -1.90. The molecule has 0 aliphatic carbocycles. The average molecular weight is 132 g/mol. The number of aliphatic hydroxyl groups is 2. The molecule has 2 heteroatoms. The fraction of sp³-hybridized carbons (Fsp3) is 0.429. The highest BCUT2D eigenvalue weighted by Gasteiger charge is 1.83. The van der Waals surface area contributed by atoms with E-state index in [-0.39, 0.29) is 6.61 Å². The minimum absolute atomic E-state index is 0.139. The summed E-state index contributed by atoms with van der Waals surface area (Å²) in [6, 6.07) is 0. The molecule has 0 spiro atoms. The van der Waals surface area contributed by atoms with Crippen LogP contribution in [0.25, 0.3) is 0 Å². The van der Waals surface area contributed by atoms with Gasteiger partial charge in [0.1, 0.15) is 0 Å². The lowest BCUT2D eigenvalue weighted by Crippen LogP contribution is -2.03. The molecule has 0 amide bonds. The van der Waals surface area contributed by atoms with Crippen LogP contribution in [-0.4, -0.2) is 22.9 Å². The summed E-state index contributed by atoms with van der Waals surface area (Å²) in [4.78, 5) is 0. The lowest BCUT2D eigenvalue weighted by molar-refractivity contribution is 0.110. The van der Waals surface area contributed by atoms with E-state index in [0.29, 0.717) is 0 Å². The van der Waals surface area contributed by atoms with Crippen molar-refractivity contribution in [2.24, 2.45) is 0 Å². The van der Waals surface area contributed by atoms with Crippen LogP contribution in [0.2, 0.25) is 0 Å². The van der Waals surface area contributed by atoms with E-state index >= 15 is 0 Å². The van der Waals surface area contributed by atoms with Gasteiger partial charge in [-0.2, -0.15) is 0 Å². The zero-order valence-corrected chi connectivity index (χ0v) is 6.01. The number of hydrogen-bond acceptors (Lipinski definition) is 2. The standard InChI is InChI=1S/C3H8O2.2C2H4/c1-3(5)2-4;2*1-2/h3-5H,2H2,1H3;2*1-2H2. The Morgan fingerprint density at radius 1 is 1.22 bits per heavy atom. The van der Waals surface area contributed by atoms with E-state index in [1.165, 1.54) is 6.92 Å². The Hall–Kier alpha value is -0.600. The predicted molar refractivity (Wildman–Crippen MR) is 41.3 cm³/mol. The summed E-state index contributed by atoms with van der Waals surface area (Å²) in [6.07, 6.45) is -0.560. The van der Waals surface area contributed by atoms with Gasteiger partial charge in [-0.05, 0) is 6.92 Å². The Bertz CT molecular complexity index is 33.9. The van der Waals surface area contributed by atoms with Crippen LogP contribution in [-0.2, 0) is 0 Å². The van der Waals surface area contributed by atoms with Gasteiger partial charge in [0, 0.05) is 0 Å². The van der Waals surface area contributed by atoms with Crippen LogP contribution in [0.1, 0.15) is 6.92 Å². The fourth-order valence-corrected chi connectivity index (χ4v) is 0. The van der Waals surface area contributed by atoms with Crippen LogP contribution in [0, 0.1) is 0 Å². The summed E-state index contributed by atoms with van der Waals surface area (Å²) in [7, 11) is 0. The van der Waals surface area contributed by atoms with Gasteiger partial charge in [-0.1, -0.05) is 0 Å². The molecule has 1 unspecified atom stereocenters. The Morgan fingerprint density at radius 2 is 1.33 bits per heavy atom. The summed E-state index contributed by atoms with van der Waals surface area (Å²) in [5, 5.41) is 16.0. The SMILES string of the molecule is C=C.C=C.CC(O)CO. The summed E-state index contributed by atoms with van der Waals surface area (Å²) >= 11 is 0. The van der Waals surface area contributed by atoms with Crippen LogP contribution < -0.4 is 0 Å². The highest BCUT2D eigenvalue weighted by Crippen LogP contribution is 1.68. The van der Waals surface area contributed by atoms with E-state index in [0.717, 1.165) is 0 Å². The first-order valence-electron chi connectivity index (χ1n) is 2.56. The monoisotopic (exact) mass is 132 g/mol. The van der Waals surface area contributed by atoms with Gasteiger partial charge in [0.2, 0.25) is 0 Å². The third-order valence-corrected chi connectivity index (χ3v) is 0.264. The van der Waals surface area contributed by atoms with Gasteiger partial charge in [0.25, 0.3) is 0 Å². The second-order valence-corrected chi connectivity index (χ2v) is 1.03. The second-order valence-electron chi connectivity index (χ2n) is 1.03. The van der Waals surface area contributed by atoms with Crippen LogP contribution in [0.4, 0.5) is 0 Å². The fourth-order valence-electron chi connectivity index (χ4n) is 0. The molecule has 0 fully saturated rings. The quantitative estimate of drug-likeness (QED) is 0.522. The van der Waals surface area contributed by atoms with Crippen molar-refractivity contribution < 1.29 is 10.2 Å². The molecular formula is C7H16O2. The van der Waals surface area contributed by atoms with Crippen LogP contribution in [0.3, 0.4) is 0 Å². The topological polar surface area (TPSA) is 40.5 Å². The Kier molecular flexibility index (Phi) is 46.0. The molecule has 0 aromatic rings. The van der Waals surface area contributed by atoms with Crippen molar-refractivity contribution in [3.05, 3.63) is 26.3 Å². The highest BCUT2D eigenvalue weighted by molar-refractivity contribution is 4.34. The van der Waals surface area contributed by atoms with Gasteiger partial charge in [-0.25, -0.2) is 0 Å². The van der Waals surface area contributed by atoms with Gasteiger partial charge in [-0.3, -0.25) is 0 Å². The molecule has 0 aromatic heterocycles. The maximum absolute atomic E-state index is 8.11. The first-order chi connectivity index (χ1) is 4.27. The molecule has 0 saturated heterocycles. The Morgan fingerprint density at radius 3 is 1.33 bits per heavy atom. The molecule has 0 rings (SSSR count). The molecule has 2 nitrogen and oxygen atoms in total. The van der Waals surface area contributed by atoms with Gasteiger partial charge < -0.3 is 10.2 Å². The van der Waals surface area contributed by atoms with Gasteiger partial charge in [0.15, 0.2) is 0 Å². The lowest BCUT2D eigenvalue weighted by atomic mass is 10.5. The molecule has 0 aromatic carbocycles. The van der Waals surface area contributed by atoms with Crippen LogP contribution in [0.5, 0.6) is 0 Å². The molecule has 0 radical (unpaired) electrons. The Labute approximate surface area is 57.1 Å². The number of rotatable bonds is 1. The summed E-state index contributed by atoms with van der Waals surface area (Å²) in [6.45, 7) is 13.4. The highest BCUT2D eigenvalue weighted by atomic mass is 16.3. The molecule has 9 heavy (non-hydrogen) atoms. The second kappa shape index (κ2) is 26.2. The van der Waals surface area contributed by atoms with Crippen molar-refractivity contribution in [3.63, 3.8) is 0 Å². The minimum atomic E-state index is -0.560. The van der Waals surface area contributed by atoms with Crippen molar-refractivity contribution in [1.29, 1.82) is 0 Å². The first-order valence-corrected chi connectivity index (χ1v) is 2.56. The van der Waals surface area contributed by atoms with E-state index in [2.05, 4.69) is 26.3 Å². The molecule has 2 N–H and O–H groups in total. The van der Waals surface area contributed by atoms with Crippen molar-refractivity contribution in [2.45, 2.75) is 13.0 Å². The summed E-state index contributed by atoms with van der Waals surface area (Å²) in [5.74, 6) is 0. The zero-order valence-electron chi connectivity index (χ0n) is 6.01. The summed E-state index contributed by atoms with van der Waals surface area (Å²) < 4.78 is 0. The minimum Gasteiger partial charge on any atom is -0.394 e. The van der Waals surface area contributed by atoms with Gasteiger partial charge in [0.05, 0.1) is 12.7 Å². The maximum Gasteiger partial charge on any atom is 0.0742 e. The maximum atomic E-state index is 8.11.